The van der Waals surface area contributed by atoms with Gasteiger partial charge in [0.05, 0.1) is 0 Å². The first kappa shape index (κ1) is 19.8. The Morgan fingerprint density at radius 1 is 1.19 bits per heavy atom. The number of carbonyl (C=O) groups is 1. The zero-order valence-corrected chi connectivity index (χ0v) is 17.5. The maximum atomic E-state index is 11.8. The maximum absolute atomic E-state index is 11.8. The van der Waals surface area contributed by atoms with Gasteiger partial charge < -0.3 is 0 Å². The van der Waals surface area contributed by atoms with Gasteiger partial charge in [-0.1, -0.05) is 0 Å². The Kier molecular flexibility index (Phi) is 10.6. The normalized spacial score (nSPS) is 20.7. The van der Waals surface area contributed by atoms with Gasteiger partial charge in [-0.05, 0) is 0 Å². The summed E-state index contributed by atoms with van der Waals surface area (Å²) in [6.07, 6.45) is 6.22. The van der Waals surface area contributed by atoms with E-state index >= 15 is 0 Å². The van der Waals surface area contributed by atoms with Crippen LogP contribution in [-0.2, 0) is 17.3 Å². The molecule has 1 saturated heterocycles. The summed E-state index contributed by atoms with van der Waals surface area (Å²) in [5, 5.41) is 0. The summed E-state index contributed by atoms with van der Waals surface area (Å²) < 4.78 is 23.4. The molecule has 1 heterocycles. The Balaban J connectivity index is 2.73. The summed E-state index contributed by atoms with van der Waals surface area (Å²) in [6.45, 7) is 5.26. The minimum absolute atomic E-state index is 0.225. The van der Waals surface area contributed by atoms with Crippen molar-refractivity contribution in [3.63, 3.8) is 0 Å². The molecule has 0 aromatic carbocycles. The van der Waals surface area contributed by atoms with E-state index in [1.807, 2.05) is 0 Å². The number of cyclic esters (lactones) is 1. The Labute approximate surface area is 140 Å². The molecule has 0 aromatic rings. The van der Waals surface area contributed by atoms with Crippen LogP contribution in [0.3, 0.4) is 0 Å². The molecule has 1 rings (SSSR count). The Hall–Kier alpha value is 0.729. The fourth-order valence-electron chi connectivity index (χ4n) is 2.25. The van der Waals surface area contributed by atoms with Crippen LogP contribution in [0.5, 0.6) is 0 Å². The molecule has 1 aliphatic rings. The van der Waals surface area contributed by atoms with Crippen molar-refractivity contribution in [3.05, 3.63) is 0 Å². The van der Waals surface area contributed by atoms with E-state index in [4.69, 9.17) is 9.47 Å². The van der Waals surface area contributed by atoms with Crippen LogP contribution in [-0.4, -0.2) is 53.3 Å². The average Bonchev–Trinajstić information content (AvgIpc) is 2.52. The summed E-state index contributed by atoms with van der Waals surface area (Å²) in [5.74, 6) is 0.736. The van der Waals surface area contributed by atoms with Gasteiger partial charge in [0, 0.05) is 0 Å². The van der Waals surface area contributed by atoms with Gasteiger partial charge >= 0.3 is 141 Å². The van der Waals surface area contributed by atoms with E-state index in [-0.39, 0.29) is 17.3 Å². The molecule has 0 spiro atoms. The van der Waals surface area contributed by atoms with Crippen LogP contribution in [0.4, 0.5) is 0 Å². The van der Waals surface area contributed by atoms with E-state index in [2.05, 4.69) is 13.8 Å². The van der Waals surface area contributed by atoms with Crippen LogP contribution in [0.1, 0.15) is 52.4 Å². The van der Waals surface area contributed by atoms with Crippen molar-refractivity contribution in [2.24, 2.45) is 0 Å². The summed E-state index contributed by atoms with van der Waals surface area (Å²) in [6, 6.07) is 0. The predicted molar refractivity (Wildman–Crippen MR) is 90.0 cm³/mol. The van der Waals surface area contributed by atoms with Crippen molar-refractivity contribution in [1.29, 1.82) is 0 Å². The number of hydrogen-bond acceptors (Lipinski definition) is 6. The molecule has 0 atom stereocenters. The van der Waals surface area contributed by atoms with E-state index < -0.39 is 17.0 Å². The van der Waals surface area contributed by atoms with Gasteiger partial charge in [0.15, 0.2) is 0 Å². The number of rotatable bonds is 6. The molecule has 0 N–H and O–H groups in total. The van der Waals surface area contributed by atoms with Crippen LogP contribution in [0.15, 0.2) is 0 Å². The minimum atomic E-state index is -2.71. The van der Waals surface area contributed by atoms with E-state index in [0.29, 0.717) is 13.2 Å². The predicted octanol–water partition coefficient (Wildman–Crippen LogP) is 3.56. The number of carbonyl (C=O) groups excluding carboxylic acids is 1. The van der Waals surface area contributed by atoms with Crippen molar-refractivity contribution >= 4 is 40.8 Å². The fourth-order valence-corrected chi connectivity index (χ4v) is 12.4. The van der Waals surface area contributed by atoms with E-state index in [1.165, 1.54) is 17.9 Å². The molecule has 4 nitrogen and oxygen atoms in total. The molecule has 0 aliphatic carbocycles. The van der Waals surface area contributed by atoms with Gasteiger partial charge in [0.2, 0.25) is 0 Å². The third-order valence-corrected chi connectivity index (χ3v) is 16.5. The molecule has 1 aliphatic heterocycles. The topological polar surface area (TPSA) is 52.6 Å². The molecule has 0 saturated carbocycles. The van der Waals surface area contributed by atoms with Crippen molar-refractivity contribution < 1.29 is 17.3 Å². The summed E-state index contributed by atoms with van der Waals surface area (Å²) in [4.78, 5) is 11.8. The zero-order chi connectivity index (χ0) is 15.6. The van der Waals surface area contributed by atoms with E-state index in [9.17, 15) is 7.87 Å². The van der Waals surface area contributed by atoms with Crippen LogP contribution in [0.25, 0.3) is 0 Å². The summed E-state index contributed by atoms with van der Waals surface area (Å²) in [5.41, 5.74) is -0.344. The summed E-state index contributed by atoms with van der Waals surface area (Å²) >= 11 is -2.71. The molecule has 21 heavy (non-hydrogen) atoms. The zero-order valence-electron chi connectivity index (χ0n) is 13.0. The molecular weight excluding hydrogens is 415 g/mol. The molecular formula is C14H26O4S2Sn. The van der Waals surface area contributed by atoms with Crippen LogP contribution >= 0.6 is 17.9 Å². The molecule has 0 aromatic heterocycles. The third kappa shape index (κ3) is 8.23. The first-order chi connectivity index (χ1) is 10.1. The molecule has 7 heteroatoms. The van der Waals surface area contributed by atoms with Crippen molar-refractivity contribution in [2.75, 3.05) is 24.7 Å². The molecule has 0 radical (unpaired) electrons. The van der Waals surface area contributed by atoms with Gasteiger partial charge in [-0.25, -0.2) is 0 Å². The van der Waals surface area contributed by atoms with Gasteiger partial charge in [0.25, 0.3) is 0 Å². The van der Waals surface area contributed by atoms with Gasteiger partial charge in [-0.15, -0.1) is 0 Å². The van der Waals surface area contributed by atoms with E-state index in [1.54, 1.807) is 0 Å². The van der Waals surface area contributed by atoms with E-state index in [0.717, 1.165) is 44.3 Å². The number of hydrogen-bond donors (Lipinski definition) is 0. The first-order valence-electron chi connectivity index (χ1n) is 7.71. The monoisotopic (exact) mass is 442 g/mol. The van der Waals surface area contributed by atoms with Gasteiger partial charge in [-0.3, -0.25) is 0 Å². The summed E-state index contributed by atoms with van der Waals surface area (Å²) in [7, 11) is 2.81. The van der Waals surface area contributed by atoms with Crippen molar-refractivity contribution in [1.82, 2.24) is 0 Å². The third-order valence-electron chi connectivity index (χ3n) is 3.49. The van der Waals surface area contributed by atoms with Crippen molar-refractivity contribution in [2.45, 2.75) is 58.0 Å². The molecule has 1 fully saturated rings. The quantitative estimate of drug-likeness (QED) is 0.464. The van der Waals surface area contributed by atoms with Crippen LogP contribution in [0.2, 0.25) is 0 Å². The molecule has 0 bridgehead atoms. The van der Waals surface area contributed by atoms with Gasteiger partial charge in [-0.2, -0.15) is 0 Å². The average molecular weight is 441 g/mol. The van der Waals surface area contributed by atoms with Crippen LogP contribution < -0.4 is 0 Å². The van der Waals surface area contributed by atoms with Gasteiger partial charge in [0.1, 0.15) is 0 Å². The Morgan fingerprint density at radius 3 is 2.48 bits per heavy atom. The standard InChI is InChI=1S/C14H28O3S2.O.Sn/c1-3-5-7-14(8-6-4-2,17-9-10-18)12-16-13(15)11-19;;/h18-19H,3-12H2,1-2H3;;/q;;+2/p-2. The Bertz CT molecular complexity index is 331. The Morgan fingerprint density at radius 2 is 1.86 bits per heavy atom. The number of esters is 1. The second-order valence-electron chi connectivity index (χ2n) is 5.29. The molecule has 122 valence electrons. The fraction of sp³-hybridized carbons (Fsp3) is 0.929. The second kappa shape index (κ2) is 11.3. The van der Waals surface area contributed by atoms with Crippen molar-refractivity contribution in [3.8, 4) is 0 Å². The molecule has 0 amide bonds. The number of ether oxygens (including phenoxy) is 2. The SMILES string of the molecule is CCCCC1(CCCC)COC(=O)C[S][Sn](=[O])[S]CCO1. The molecule has 0 unspecified atom stereocenters. The number of unbranched alkanes of at least 4 members (excludes halogenated alkanes) is 2. The van der Waals surface area contributed by atoms with Crippen LogP contribution in [0, 0.1) is 0 Å². The second-order valence-corrected chi connectivity index (χ2v) is 19.6. The first-order valence-corrected chi connectivity index (χ1v) is 17.8.